The van der Waals surface area contributed by atoms with Gasteiger partial charge in [-0.15, -0.1) is 0 Å². The highest BCUT2D eigenvalue weighted by Gasteiger charge is 2.17. The highest BCUT2D eigenvalue weighted by molar-refractivity contribution is 9.10. The second kappa shape index (κ2) is 4.88. The van der Waals surface area contributed by atoms with Crippen molar-refractivity contribution >= 4 is 38.9 Å². The van der Waals surface area contributed by atoms with Gasteiger partial charge in [-0.2, -0.15) is 11.3 Å². The Morgan fingerprint density at radius 1 is 1.31 bits per heavy atom. The normalized spacial score (nSPS) is 12.8. The van der Waals surface area contributed by atoms with Crippen LogP contribution in [0.4, 0.5) is 0 Å². The van der Waals surface area contributed by atoms with E-state index in [0.717, 1.165) is 21.2 Å². The van der Waals surface area contributed by atoms with Gasteiger partial charge in [0.05, 0.1) is 0 Å². The molecule has 2 aromatic rings. The van der Waals surface area contributed by atoms with Crippen molar-refractivity contribution in [3.63, 3.8) is 0 Å². The molecule has 16 heavy (non-hydrogen) atoms. The summed E-state index contributed by atoms with van der Waals surface area (Å²) in [6, 6.07) is 5.68. The van der Waals surface area contributed by atoms with Gasteiger partial charge >= 0.3 is 0 Å². The lowest BCUT2D eigenvalue weighted by Crippen LogP contribution is -1.99. The maximum Gasteiger partial charge on any atom is 0.107 e. The molecule has 0 aliphatic rings. The van der Waals surface area contributed by atoms with Crippen molar-refractivity contribution in [2.75, 3.05) is 0 Å². The molecule has 0 radical (unpaired) electrons. The minimum Gasteiger partial charge on any atom is -0.384 e. The topological polar surface area (TPSA) is 20.2 Å². The number of aryl methyl sites for hydroxylation is 1. The third-order valence-electron chi connectivity index (χ3n) is 2.39. The largest absolute Gasteiger partial charge is 0.384 e. The van der Waals surface area contributed by atoms with Crippen molar-refractivity contribution in [1.29, 1.82) is 0 Å². The first-order valence-corrected chi connectivity index (χ1v) is 6.86. The summed E-state index contributed by atoms with van der Waals surface area (Å²) in [5, 5.41) is 14.7. The number of rotatable bonds is 2. The summed E-state index contributed by atoms with van der Waals surface area (Å²) in [6.07, 6.45) is -0.672. The first kappa shape index (κ1) is 12.1. The molecule has 1 N–H and O–H groups in total. The van der Waals surface area contributed by atoms with Gasteiger partial charge in [-0.1, -0.05) is 23.7 Å². The Balaban J connectivity index is 2.41. The molecule has 1 nitrogen and oxygen atoms in total. The number of thiophene rings is 1. The molecule has 2 rings (SSSR count). The molecule has 84 valence electrons. The molecule has 1 atom stereocenters. The van der Waals surface area contributed by atoms with Gasteiger partial charge in [0.1, 0.15) is 6.10 Å². The number of halogens is 2. The summed E-state index contributed by atoms with van der Waals surface area (Å²) < 4.78 is 0.918. The summed E-state index contributed by atoms with van der Waals surface area (Å²) in [7, 11) is 0. The molecule has 1 unspecified atom stereocenters. The van der Waals surface area contributed by atoms with Crippen molar-refractivity contribution in [2.45, 2.75) is 13.0 Å². The SMILES string of the molecule is Cc1ccc(C(O)c2cscc2Br)c(Cl)c1. The van der Waals surface area contributed by atoms with Crippen LogP contribution in [-0.2, 0) is 0 Å². The standard InChI is InChI=1S/C12H10BrClOS/c1-7-2-3-8(11(14)4-7)12(15)9-5-16-6-10(9)13/h2-6,12,15H,1H3. The minimum atomic E-state index is -0.672. The molecule has 0 spiro atoms. The highest BCUT2D eigenvalue weighted by Crippen LogP contribution is 2.34. The second-order valence-electron chi connectivity index (χ2n) is 3.60. The summed E-state index contributed by atoms with van der Waals surface area (Å²) in [5.41, 5.74) is 2.69. The Kier molecular flexibility index (Phi) is 3.70. The molecule has 1 heterocycles. The van der Waals surface area contributed by atoms with E-state index in [9.17, 15) is 5.11 Å². The fourth-order valence-corrected chi connectivity index (χ4v) is 3.38. The lowest BCUT2D eigenvalue weighted by atomic mass is 10.0. The summed E-state index contributed by atoms with van der Waals surface area (Å²) in [5.74, 6) is 0. The van der Waals surface area contributed by atoms with Crippen LogP contribution >= 0.6 is 38.9 Å². The van der Waals surface area contributed by atoms with Gasteiger partial charge in [0, 0.05) is 26.0 Å². The Morgan fingerprint density at radius 3 is 2.62 bits per heavy atom. The Bertz CT molecular complexity index is 509. The van der Waals surface area contributed by atoms with E-state index in [4.69, 9.17) is 11.6 Å². The fourth-order valence-electron chi connectivity index (χ4n) is 1.51. The minimum absolute atomic E-state index is 0.602. The number of aliphatic hydroxyl groups is 1. The number of benzene rings is 1. The van der Waals surface area contributed by atoms with Gasteiger partial charge < -0.3 is 5.11 Å². The third kappa shape index (κ3) is 2.33. The first-order chi connectivity index (χ1) is 7.59. The van der Waals surface area contributed by atoms with E-state index in [2.05, 4.69) is 15.9 Å². The molecule has 0 amide bonds. The first-order valence-electron chi connectivity index (χ1n) is 4.75. The smallest absolute Gasteiger partial charge is 0.107 e. The molecule has 0 saturated heterocycles. The molecule has 0 fully saturated rings. The van der Waals surface area contributed by atoms with Gasteiger partial charge in [0.15, 0.2) is 0 Å². The Hall–Kier alpha value is -0.350. The predicted octanol–water partition coefficient (Wildman–Crippen LogP) is 4.55. The quantitative estimate of drug-likeness (QED) is 0.861. The average molecular weight is 318 g/mol. The molecular weight excluding hydrogens is 308 g/mol. The van der Waals surface area contributed by atoms with Crippen LogP contribution in [0.2, 0.25) is 5.02 Å². The molecule has 1 aromatic carbocycles. The highest BCUT2D eigenvalue weighted by atomic mass is 79.9. The lowest BCUT2D eigenvalue weighted by Gasteiger charge is -2.12. The number of aliphatic hydroxyl groups excluding tert-OH is 1. The monoisotopic (exact) mass is 316 g/mol. The average Bonchev–Trinajstić information content (AvgIpc) is 2.63. The van der Waals surface area contributed by atoms with E-state index in [1.165, 1.54) is 0 Å². The van der Waals surface area contributed by atoms with Crippen LogP contribution < -0.4 is 0 Å². The zero-order valence-electron chi connectivity index (χ0n) is 8.58. The van der Waals surface area contributed by atoms with Gasteiger partial charge in [-0.05, 0) is 39.9 Å². The van der Waals surface area contributed by atoms with E-state index >= 15 is 0 Å². The fraction of sp³-hybridized carbons (Fsp3) is 0.167. The lowest BCUT2D eigenvalue weighted by molar-refractivity contribution is 0.220. The van der Waals surface area contributed by atoms with Crippen molar-refractivity contribution in [3.8, 4) is 0 Å². The van der Waals surface area contributed by atoms with Gasteiger partial charge in [-0.3, -0.25) is 0 Å². The molecule has 4 heteroatoms. The molecule has 0 saturated carbocycles. The Morgan fingerprint density at radius 2 is 2.06 bits per heavy atom. The van der Waals surface area contributed by atoms with E-state index in [1.54, 1.807) is 11.3 Å². The molecule has 1 aromatic heterocycles. The van der Waals surface area contributed by atoms with Crippen LogP contribution in [0.25, 0.3) is 0 Å². The molecule has 0 aliphatic heterocycles. The molecular formula is C12H10BrClOS. The van der Waals surface area contributed by atoms with Gasteiger partial charge in [-0.25, -0.2) is 0 Å². The zero-order chi connectivity index (χ0) is 11.7. The van der Waals surface area contributed by atoms with E-state index in [-0.39, 0.29) is 0 Å². The van der Waals surface area contributed by atoms with Crippen LogP contribution in [0.5, 0.6) is 0 Å². The third-order valence-corrected chi connectivity index (χ3v) is 4.47. The van der Waals surface area contributed by atoms with Gasteiger partial charge in [0.25, 0.3) is 0 Å². The second-order valence-corrected chi connectivity index (χ2v) is 5.61. The van der Waals surface area contributed by atoms with Crippen molar-refractivity contribution in [3.05, 3.63) is 55.1 Å². The maximum atomic E-state index is 10.2. The van der Waals surface area contributed by atoms with Crippen LogP contribution in [0.3, 0.4) is 0 Å². The Labute approximate surface area is 112 Å². The predicted molar refractivity (Wildman–Crippen MR) is 72.3 cm³/mol. The zero-order valence-corrected chi connectivity index (χ0v) is 11.7. The number of hydrogen-bond acceptors (Lipinski definition) is 2. The van der Waals surface area contributed by atoms with Crippen LogP contribution in [0.15, 0.2) is 33.4 Å². The molecule has 0 bridgehead atoms. The number of hydrogen-bond donors (Lipinski definition) is 1. The summed E-state index contributed by atoms with van der Waals surface area (Å²) >= 11 is 11.1. The van der Waals surface area contributed by atoms with Gasteiger partial charge in [0.2, 0.25) is 0 Å². The van der Waals surface area contributed by atoms with E-state index in [1.807, 2.05) is 35.9 Å². The summed E-state index contributed by atoms with van der Waals surface area (Å²) in [6.45, 7) is 1.97. The van der Waals surface area contributed by atoms with Crippen LogP contribution in [0.1, 0.15) is 22.8 Å². The maximum absolute atomic E-state index is 10.2. The van der Waals surface area contributed by atoms with Crippen LogP contribution in [0, 0.1) is 6.92 Å². The van der Waals surface area contributed by atoms with Crippen molar-refractivity contribution in [2.24, 2.45) is 0 Å². The van der Waals surface area contributed by atoms with Crippen molar-refractivity contribution in [1.82, 2.24) is 0 Å². The van der Waals surface area contributed by atoms with Crippen molar-refractivity contribution < 1.29 is 5.11 Å². The van der Waals surface area contributed by atoms with E-state index in [0.29, 0.717) is 5.02 Å². The summed E-state index contributed by atoms with van der Waals surface area (Å²) in [4.78, 5) is 0. The van der Waals surface area contributed by atoms with E-state index < -0.39 is 6.10 Å². The molecule has 0 aliphatic carbocycles. The van der Waals surface area contributed by atoms with Crippen LogP contribution in [-0.4, -0.2) is 5.11 Å².